The fourth-order valence-corrected chi connectivity index (χ4v) is 3.40. The maximum Gasteiger partial charge on any atom is 0.194 e. The molecule has 1 fully saturated rings. The van der Waals surface area contributed by atoms with Gasteiger partial charge in [-0.25, -0.2) is 4.99 Å². The van der Waals surface area contributed by atoms with Gasteiger partial charge in [-0.1, -0.05) is 35.8 Å². The molecular formula is C20H28ClN5O. The summed E-state index contributed by atoms with van der Waals surface area (Å²) in [5, 5.41) is 8.22. The fourth-order valence-electron chi connectivity index (χ4n) is 3.19. The van der Waals surface area contributed by atoms with Crippen LogP contribution in [0.5, 0.6) is 0 Å². The quantitative estimate of drug-likeness (QED) is 0.607. The van der Waals surface area contributed by atoms with Gasteiger partial charge in [-0.05, 0) is 31.0 Å². The topological polar surface area (TPSA) is 56.9 Å². The third kappa shape index (κ3) is 5.71. The van der Waals surface area contributed by atoms with E-state index in [0.717, 1.165) is 68.1 Å². The molecule has 1 N–H and O–H groups in total. The Bertz CT molecular complexity index is 752. The molecule has 0 bridgehead atoms. The fraction of sp³-hybridized carbons (Fsp3) is 0.500. The number of piperazine rings is 1. The van der Waals surface area contributed by atoms with Crippen LogP contribution in [0.4, 0.5) is 0 Å². The summed E-state index contributed by atoms with van der Waals surface area (Å²) < 4.78 is 5.34. The van der Waals surface area contributed by atoms with Gasteiger partial charge < -0.3 is 14.7 Å². The largest absolute Gasteiger partial charge is 0.359 e. The van der Waals surface area contributed by atoms with Crippen molar-refractivity contribution in [2.75, 3.05) is 32.7 Å². The maximum absolute atomic E-state index is 6.10. The predicted octanol–water partition coefficient (Wildman–Crippen LogP) is 3.17. The van der Waals surface area contributed by atoms with E-state index in [1.165, 1.54) is 5.56 Å². The van der Waals surface area contributed by atoms with E-state index < -0.39 is 0 Å². The molecule has 1 aliphatic rings. The molecule has 27 heavy (non-hydrogen) atoms. The second kappa shape index (κ2) is 9.76. The molecule has 0 aliphatic carbocycles. The zero-order valence-corrected chi connectivity index (χ0v) is 16.9. The van der Waals surface area contributed by atoms with E-state index in [-0.39, 0.29) is 0 Å². The van der Waals surface area contributed by atoms with Gasteiger partial charge in [-0.15, -0.1) is 0 Å². The number of hydrogen-bond donors (Lipinski definition) is 1. The summed E-state index contributed by atoms with van der Waals surface area (Å²) in [6.45, 7) is 10.3. The zero-order valence-electron chi connectivity index (χ0n) is 16.1. The van der Waals surface area contributed by atoms with E-state index in [1.54, 1.807) is 0 Å². The van der Waals surface area contributed by atoms with Gasteiger partial charge in [-0.3, -0.25) is 4.90 Å². The van der Waals surface area contributed by atoms with Gasteiger partial charge >= 0.3 is 0 Å². The van der Waals surface area contributed by atoms with Crippen LogP contribution >= 0.6 is 11.6 Å². The summed E-state index contributed by atoms with van der Waals surface area (Å²) in [5.41, 5.74) is 2.23. The van der Waals surface area contributed by atoms with Gasteiger partial charge in [0.1, 0.15) is 6.54 Å². The minimum Gasteiger partial charge on any atom is -0.359 e. The second-order valence-electron chi connectivity index (χ2n) is 6.70. The van der Waals surface area contributed by atoms with Crippen LogP contribution in [0.1, 0.15) is 30.9 Å². The highest BCUT2D eigenvalue weighted by atomic mass is 35.5. The number of benzene rings is 1. The number of rotatable bonds is 6. The van der Waals surface area contributed by atoms with Crippen molar-refractivity contribution in [3.8, 4) is 0 Å². The summed E-state index contributed by atoms with van der Waals surface area (Å²) in [7, 11) is 0. The summed E-state index contributed by atoms with van der Waals surface area (Å²) in [4.78, 5) is 9.51. The van der Waals surface area contributed by atoms with Crippen LogP contribution in [0.3, 0.4) is 0 Å². The van der Waals surface area contributed by atoms with Crippen molar-refractivity contribution in [2.24, 2.45) is 4.99 Å². The number of aromatic nitrogens is 1. The van der Waals surface area contributed by atoms with E-state index in [2.05, 4.69) is 40.2 Å². The number of aryl methyl sites for hydroxylation is 1. The van der Waals surface area contributed by atoms with Crippen LogP contribution in [0.2, 0.25) is 5.02 Å². The minimum atomic E-state index is 0.512. The van der Waals surface area contributed by atoms with Crippen molar-refractivity contribution in [3.63, 3.8) is 0 Å². The maximum atomic E-state index is 6.10. The minimum absolute atomic E-state index is 0.512. The van der Waals surface area contributed by atoms with Crippen LogP contribution < -0.4 is 5.32 Å². The molecule has 2 aromatic rings. The van der Waals surface area contributed by atoms with Crippen molar-refractivity contribution in [1.82, 2.24) is 20.3 Å². The number of hydrogen-bond acceptors (Lipinski definition) is 4. The summed E-state index contributed by atoms with van der Waals surface area (Å²) in [5.74, 6) is 1.75. The lowest BCUT2D eigenvalue weighted by Crippen LogP contribution is -2.52. The van der Waals surface area contributed by atoms with Crippen LogP contribution in [0.15, 0.2) is 39.8 Å². The molecule has 1 saturated heterocycles. The number of nitrogens with zero attached hydrogens (tertiary/aromatic N) is 4. The van der Waals surface area contributed by atoms with Crippen LogP contribution in [0, 0.1) is 0 Å². The van der Waals surface area contributed by atoms with E-state index in [0.29, 0.717) is 6.54 Å². The molecule has 1 aromatic heterocycles. The van der Waals surface area contributed by atoms with Gasteiger partial charge in [0.25, 0.3) is 0 Å². The van der Waals surface area contributed by atoms with Crippen molar-refractivity contribution in [2.45, 2.75) is 33.4 Å². The molecule has 146 valence electrons. The first-order chi connectivity index (χ1) is 13.2. The Labute approximate surface area is 166 Å². The Morgan fingerprint density at radius 1 is 1.22 bits per heavy atom. The third-order valence-electron chi connectivity index (χ3n) is 4.66. The van der Waals surface area contributed by atoms with E-state index in [4.69, 9.17) is 21.1 Å². The molecule has 0 amide bonds. The number of halogens is 1. The van der Waals surface area contributed by atoms with Crippen LogP contribution in [-0.4, -0.2) is 53.6 Å². The molecule has 0 spiro atoms. The SMILES string of the molecule is CCNC(=NCc1cc(CC)no1)N1CCN(Cc2cccc(Cl)c2)CC1. The van der Waals surface area contributed by atoms with Gasteiger partial charge in [-0.2, -0.15) is 0 Å². The molecule has 3 rings (SSSR count). The molecule has 0 radical (unpaired) electrons. The van der Waals surface area contributed by atoms with Crippen molar-refractivity contribution >= 4 is 17.6 Å². The van der Waals surface area contributed by atoms with Gasteiger partial charge in [0, 0.05) is 50.4 Å². The summed E-state index contributed by atoms with van der Waals surface area (Å²) >= 11 is 6.10. The van der Waals surface area contributed by atoms with E-state index in [1.807, 2.05) is 24.3 Å². The monoisotopic (exact) mass is 389 g/mol. The molecule has 1 aliphatic heterocycles. The van der Waals surface area contributed by atoms with E-state index in [9.17, 15) is 0 Å². The van der Waals surface area contributed by atoms with Crippen LogP contribution in [0.25, 0.3) is 0 Å². The smallest absolute Gasteiger partial charge is 0.194 e. The molecule has 6 nitrogen and oxygen atoms in total. The van der Waals surface area contributed by atoms with Gasteiger partial charge in [0.15, 0.2) is 11.7 Å². The Morgan fingerprint density at radius 2 is 2.04 bits per heavy atom. The number of aliphatic imine (C=N–C) groups is 1. The molecule has 1 aromatic carbocycles. The summed E-state index contributed by atoms with van der Waals surface area (Å²) in [6.07, 6.45) is 0.877. The highest BCUT2D eigenvalue weighted by Crippen LogP contribution is 2.14. The first kappa shape index (κ1) is 19.7. The lowest BCUT2D eigenvalue weighted by atomic mass is 10.2. The first-order valence-electron chi connectivity index (χ1n) is 9.62. The number of guanidine groups is 1. The molecular weight excluding hydrogens is 362 g/mol. The van der Waals surface area contributed by atoms with E-state index >= 15 is 0 Å². The average Bonchev–Trinajstić information content (AvgIpc) is 3.14. The first-order valence-corrected chi connectivity index (χ1v) is 10.00. The highest BCUT2D eigenvalue weighted by Gasteiger charge is 2.20. The lowest BCUT2D eigenvalue weighted by Gasteiger charge is -2.36. The van der Waals surface area contributed by atoms with Crippen molar-refractivity contribution in [3.05, 3.63) is 52.4 Å². The Balaban J connectivity index is 1.55. The van der Waals surface area contributed by atoms with Crippen molar-refractivity contribution in [1.29, 1.82) is 0 Å². The Morgan fingerprint density at radius 3 is 2.70 bits per heavy atom. The average molecular weight is 390 g/mol. The van der Waals surface area contributed by atoms with Crippen LogP contribution in [-0.2, 0) is 19.5 Å². The van der Waals surface area contributed by atoms with Gasteiger partial charge in [0.2, 0.25) is 0 Å². The molecule has 0 atom stereocenters. The lowest BCUT2D eigenvalue weighted by molar-refractivity contribution is 0.172. The summed E-state index contributed by atoms with van der Waals surface area (Å²) in [6, 6.07) is 10.1. The second-order valence-corrected chi connectivity index (χ2v) is 7.14. The molecule has 0 unspecified atom stereocenters. The Kier molecular flexibility index (Phi) is 7.12. The standard InChI is InChI=1S/C20H28ClN5O/c1-3-18-13-19(27-24-18)14-23-20(22-4-2)26-10-8-25(9-11-26)15-16-6-5-7-17(21)12-16/h5-7,12-13H,3-4,8-11,14-15H2,1-2H3,(H,22,23). The molecule has 2 heterocycles. The number of nitrogens with one attached hydrogen (secondary N) is 1. The normalized spacial score (nSPS) is 16.0. The third-order valence-corrected chi connectivity index (χ3v) is 4.89. The van der Waals surface area contributed by atoms with Gasteiger partial charge in [0.05, 0.1) is 5.69 Å². The molecule has 0 saturated carbocycles. The highest BCUT2D eigenvalue weighted by molar-refractivity contribution is 6.30. The van der Waals surface area contributed by atoms with Crippen molar-refractivity contribution < 1.29 is 4.52 Å². The molecule has 7 heteroatoms. The Hall–Kier alpha value is -2.05. The zero-order chi connectivity index (χ0) is 19.1. The predicted molar refractivity (Wildman–Crippen MR) is 109 cm³/mol.